The minimum atomic E-state index is -0.0336. The minimum Gasteiger partial charge on any atom is -0.391 e. The standard InChI is InChI=1S/2C6H11NO.2ClH/c2*8-6-3-4-1-2-5(6)7-4;;/h2*4-8H,1-3H2;2*1H/t2*4-,5+,6-;;/m10../s1. The van der Waals surface area contributed by atoms with Gasteiger partial charge in [0, 0.05) is 24.2 Å². The van der Waals surface area contributed by atoms with Crippen LogP contribution in [0.3, 0.4) is 0 Å². The van der Waals surface area contributed by atoms with Crippen molar-refractivity contribution in [1.82, 2.24) is 10.6 Å². The van der Waals surface area contributed by atoms with Crippen molar-refractivity contribution in [2.45, 2.75) is 74.9 Å². The van der Waals surface area contributed by atoms with Gasteiger partial charge in [-0.1, -0.05) is 0 Å². The van der Waals surface area contributed by atoms with E-state index in [0.29, 0.717) is 24.2 Å². The summed E-state index contributed by atoms with van der Waals surface area (Å²) in [5.41, 5.74) is 0. The van der Waals surface area contributed by atoms with Gasteiger partial charge in [0.25, 0.3) is 0 Å². The molecule has 0 radical (unpaired) electrons. The third-order valence-corrected chi connectivity index (χ3v) is 4.53. The van der Waals surface area contributed by atoms with E-state index in [0.717, 1.165) is 12.8 Å². The quantitative estimate of drug-likeness (QED) is 0.528. The van der Waals surface area contributed by atoms with E-state index in [1.165, 1.54) is 25.7 Å². The van der Waals surface area contributed by atoms with Crippen LogP contribution in [0.5, 0.6) is 0 Å². The van der Waals surface area contributed by atoms with Gasteiger partial charge in [-0.15, -0.1) is 24.8 Å². The molecule has 0 amide bonds. The molecule has 6 atom stereocenters. The van der Waals surface area contributed by atoms with Gasteiger partial charge in [0.1, 0.15) is 0 Å². The number of aliphatic hydroxyl groups is 2. The van der Waals surface area contributed by atoms with Gasteiger partial charge in [-0.3, -0.25) is 0 Å². The first-order valence-electron chi connectivity index (χ1n) is 6.60. The van der Waals surface area contributed by atoms with E-state index < -0.39 is 0 Å². The first-order valence-corrected chi connectivity index (χ1v) is 6.60. The van der Waals surface area contributed by atoms with E-state index in [1.54, 1.807) is 0 Å². The summed E-state index contributed by atoms with van der Waals surface area (Å²) in [6.45, 7) is 0. The summed E-state index contributed by atoms with van der Waals surface area (Å²) in [6.07, 6.45) is 6.85. The summed E-state index contributed by atoms with van der Waals surface area (Å²) >= 11 is 0. The Morgan fingerprint density at radius 1 is 0.667 bits per heavy atom. The number of halogens is 2. The molecule has 108 valence electrons. The molecule has 4 rings (SSSR count). The SMILES string of the molecule is Cl.Cl.O[C@@H]1C[C@H]2CC[C@@H]1N2.O[C@H]1C[C@@H]2CC[C@H]1N2. The Morgan fingerprint density at radius 3 is 1.17 bits per heavy atom. The lowest BCUT2D eigenvalue weighted by Gasteiger charge is -2.12. The second kappa shape index (κ2) is 6.73. The van der Waals surface area contributed by atoms with Gasteiger partial charge >= 0.3 is 0 Å². The largest absolute Gasteiger partial charge is 0.391 e. The number of nitrogens with one attached hydrogen (secondary N) is 2. The normalized spacial score (nSPS) is 47.0. The highest BCUT2D eigenvalue weighted by molar-refractivity contribution is 5.85. The topological polar surface area (TPSA) is 64.5 Å². The van der Waals surface area contributed by atoms with Gasteiger partial charge < -0.3 is 20.8 Å². The molecule has 0 unspecified atom stereocenters. The summed E-state index contributed by atoms with van der Waals surface area (Å²) in [7, 11) is 0. The molecule has 4 bridgehead atoms. The summed E-state index contributed by atoms with van der Waals surface area (Å²) in [5.74, 6) is 0. The van der Waals surface area contributed by atoms with E-state index in [1.807, 2.05) is 0 Å². The molecule has 4 aliphatic heterocycles. The van der Waals surface area contributed by atoms with E-state index >= 15 is 0 Å². The van der Waals surface area contributed by atoms with Crippen molar-refractivity contribution >= 4 is 24.8 Å². The third-order valence-electron chi connectivity index (χ3n) is 4.53. The Hall–Kier alpha value is 0.420. The molecule has 6 heteroatoms. The number of fused-ring (bicyclic) bond motifs is 4. The van der Waals surface area contributed by atoms with Crippen molar-refractivity contribution in [2.24, 2.45) is 0 Å². The maximum Gasteiger partial charge on any atom is 0.0708 e. The average molecular weight is 299 g/mol. The average Bonchev–Trinajstić information content (AvgIpc) is 2.94. The zero-order valence-electron chi connectivity index (χ0n) is 10.4. The van der Waals surface area contributed by atoms with Crippen LogP contribution >= 0.6 is 24.8 Å². The van der Waals surface area contributed by atoms with Crippen LogP contribution in [0.4, 0.5) is 0 Å². The second-order valence-corrected chi connectivity index (χ2v) is 5.70. The fourth-order valence-corrected chi connectivity index (χ4v) is 3.59. The number of aliphatic hydroxyl groups excluding tert-OH is 2. The molecule has 0 spiro atoms. The van der Waals surface area contributed by atoms with Crippen LogP contribution in [0.2, 0.25) is 0 Å². The molecule has 0 aliphatic carbocycles. The van der Waals surface area contributed by atoms with E-state index in [2.05, 4.69) is 10.6 Å². The first-order chi connectivity index (χ1) is 7.72. The molecule has 4 fully saturated rings. The summed E-state index contributed by atoms with van der Waals surface area (Å²) in [4.78, 5) is 0. The molecule has 0 aromatic rings. The van der Waals surface area contributed by atoms with Crippen molar-refractivity contribution < 1.29 is 10.2 Å². The lowest BCUT2D eigenvalue weighted by molar-refractivity contribution is 0.145. The van der Waals surface area contributed by atoms with Crippen LogP contribution in [0.15, 0.2) is 0 Å². The fraction of sp³-hybridized carbons (Fsp3) is 1.00. The smallest absolute Gasteiger partial charge is 0.0708 e. The van der Waals surface area contributed by atoms with Crippen LogP contribution < -0.4 is 10.6 Å². The Labute approximate surface area is 121 Å². The fourth-order valence-electron chi connectivity index (χ4n) is 3.59. The zero-order chi connectivity index (χ0) is 11.1. The lowest BCUT2D eigenvalue weighted by atomic mass is 9.98. The molecule has 4 N–H and O–H groups in total. The van der Waals surface area contributed by atoms with Gasteiger partial charge in [0.2, 0.25) is 0 Å². The second-order valence-electron chi connectivity index (χ2n) is 5.70. The number of hydrogen-bond donors (Lipinski definition) is 4. The Kier molecular flexibility index (Phi) is 6.16. The van der Waals surface area contributed by atoms with Crippen molar-refractivity contribution in [3.63, 3.8) is 0 Å². The summed E-state index contributed by atoms with van der Waals surface area (Å²) in [5, 5.41) is 25.0. The van der Waals surface area contributed by atoms with Crippen molar-refractivity contribution in [1.29, 1.82) is 0 Å². The van der Waals surface area contributed by atoms with Gasteiger partial charge in [0.05, 0.1) is 12.2 Å². The number of rotatable bonds is 0. The highest BCUT2D eigenvalue weighted by Crippen LogP contribution is 2.28. The lowest BCUT2D eigenvalue weighted by Crippen LogP contribution is -2.26. The molecule has 4 saturated heterocycles. The Bertz CT molecular complexity index is 240. The van der Waals surface area contributed by atoms with E-state index in [4.69, 9.17) is 10.2 Å². The first kappa shape index (κ1) is 16.5. The van der Waals surface area contributed by atoms with Gasteiger partial charge in [-0.2, -0.15) is 0 Å². The van der Waals surface area contributed by atoms with Crippen molar-refractivity contribution in [2.75, 3.05) is 0 Å². The van der Waals surface area contributed by atoms with Gasteiger partial charge in [-0.25, -0.2) is 0 Å². The van der Waals surface area contributed by atoms with Crippen LogP contribution in [0.1, 0.15) is 38.5 Å². The third kappa shape index (κ3) is 3.30. The van der Waals surface area contributed by atoms with Gasteiger partial charge in [-0.05, 0) is 38.5 Å². The molecule has 0 aromatic carbocycles. The maximum atomic E-state index is 9.16. The predicted octanol–water partition coefficient (Wildman–Crippen LogP) is 0.587. The highest BCUT2D eigenvalue weighted by Gasteiger charge is 2.38. The van der Waals surface area contributed by atoms with Crippen molar-refractivity contribution in [3.05, 3.63) is 0 Å². The molecular formula is C12H24Cl2N2O2. The van der Waals surface area contributed by atoms with Crippen LogP contribution in [0.25, 0.3) is 0 Å². The maximum absolute atomic E-state index is 9.16. The van der Waals surface area contributed by atoms with E-state index in [-0.39, 0.29) is 37.0 Å². The van der Waals surface area contributed by atoms with Crippen molar-refractivity contribution in [3.8, 4) is 0 Å². The van der Waals surface area contributed by atoms with E-state index in [9.17, 15) is 0 Å². The van der Waals surface area contributed by atoms with Gasteiger partial charge in [0.15, 0.2) is 0 Å². The zero-order valence-corrected chi connectivity index (χ0v) is 12.1. The molecular weight excluding hydrogens is 275 g/mol. The Balaban J connectivity index is 0.000000162. The van der Waals surface area contributed by atoms with Crippen LogP contribution in [-0.4, -0.2) is 46.6 Å². The summed E-state index contributed by atoms with van der Waals surface area (Å²) < 4.78 is 0. The summed E-state index contributed by atoms with van der Waals surface area (Å²) in [6, 6.07) is 2.19. The molecule has 18 heavy (non-hydrogen) atoms. The number of hydrogen-bond acceptors (Lipinski definition) is 4. The highest BCUT2D eigenvalue weighted by atomic mass is 35.5. The Morgan fingerprint density at radius 2 is 1.06 bits per heavy atom. The molecule has 0 saturated carbocycles. The molecule has 0 aromatic heterocycles. The predicted molar refractivity (Wildman–Crippen MR) is 75.6 cm³/mol. The van der Waals surface area contributed by atoms with Crippen LogP contribution in [0, 0.1) is 0 Å². The molecule has 4 nitrogen and oxygen atoms in total. The molecule has 4 aliphatic rings. The monoisotopic (exact) mass is 298 g/mol. The molecule has 4 heterocycles. The van der Waals surface area contributed by atoms with Crippen LogP contribution in [-0.2, 0) is 0 Å². The minimum absolute atomic E-state index is 0.